The monoisotopic (exact) mass is 328 g/mol. The van der Waals surface area contributed by atoms with Crippen LogP contribution in [0.5, 0.6) is 0 Å². The molecule has 1 aromatic rings. The van der Waals surface area contributed by atoms with Crippen molar-refractivity contribution in [2.24, 2.45) is 5.92 Å². The highest BCUT2D eigenvalue weighted by atomic mass is 16.2. The minimum absolute atomic E-state index is 0.0747. The summed E-state index contributed by atoms with van der Waals surface area (Å²) in [6.45, 7) is 3.92. The van der Waals surface area contributed by atoms with E-state index in [1.807, 2.05) is 31.2 Å². The molecule has 128 valence electrons. The molecule has 1 fully saturated rings. The molecule has 1 atom stereocenters. The molecule has 0 saturated heterocycles. The van der Waals surface area contributed by atoms with E-state index < -0.39 is 5.54 Å². The van der Waals surface area contributed by atoms with Gasteiger partial charge in [-0.15, -0.1) is 0 Å². The van der Waals surface area contributed by atoms with Crippen LogP contribution in [0.15, 0.2) is 24.3 Å². The van der Waals surface area contributed by atoms with Crippen molar-refractivity contribution < 1.29 is 9.59 Å². The van der Waals surface area contributed by atoms with Crippen molar-refractivity contribution in [1.82, 2.24) is 10.2 Å². The third-order valence-electron chi connectivity index (χ3n) is 4.19. The summed E-state index contributed by atoms with van der Waals surface area (Å²) >= 11 is 0. The molecule has 1 aliphatic rings. The molecule has 6 nitrogen and oxygen atoms in total. The first kappa shape index (κ1) is 18.0. The minimum atomic E-state index is -0.803. The van der Waals surface area contributed by atoms with Crippen molar-refractivity contribution in [2.45, 2.75) is 32.2 Å². The van der Waals surface area contributed by atoms with Gasteiger partial charge in [-0.25, -0.2) is 0 Å². The molecule has 1 aromatic carbocycles. The Hall–Kier alpha value is -2.39. The molecule has 1 aliphatic carbocycles. The SMILES string of the molecule is Cc1ccc(NC(=O)CN(C)CC(=O)N[C@](C)(C#N)C2CC2)cc1. The first-order chi connectivity index (χ1) is 11.3. The zero-order valence-corrected chi connectivity index (χ0v) is 14.4. The quantitative estimate of drug-likeness (QED) is 0.797. The molecule has 24 heavy (non-hydrogen) atoms. The molecule has 0 aromatic heterocycles. The fourth-order valence-corrected chi connectivity index (χ4v) is 2.59. The standard InChI is InChI=1S/C18H24N4O2/c1-13-4-8-15(9-5-13)20-16(23)10-22(3)11-17(24)21-18(2,12-19)14-6-7-14/h4-5,8-9,14H,6-7,10-11H2,1-3H3,(H,20,23)(H,21,24)/t18-/m1/s1. The normalized spacial score (nSPS) is 16.1. The second-order valence-electron chi connectivity index (χ2n) is 6.72. The largest absolute Gasteiger partial charge is 0.337 e. The average molecular weight is 328 g/mol. The Morgan fingerprint density at radius 1 is 1.25 bits per heavy atom. The van der Waals surface area contributed by atoms with Crippen LogP contribution >= 0.6 is 0 Å². The number of carbonyl (C=O) groups excluding carboxylic acids is 2. The first-order valence-corrected chi connectivity index (χ1v) is 8.10. The van der Waals surface area contributed by atoms with Crippen molar-refractivity contribution in [1.29, 1.82) is 5.26 Å². The van der Waals surface area contributed by atoms with E-state index in [1.165, 1.54) is 0 Å². The van der Waals surface area contributed by atoms with E-state index in [4.69, 9.17) is 0 Å². The zero-order valence-electron chi connectivity index (χ0n) is 14.4. The summed E-state index contributed by atoms with van der Waals surface area (Å²) in [5.74, 6) is -0.183. The summed E-state index contributed by atoms with van der Waals surface area (Å²) in [5, 5.41) is 14.9. The molecule has 0 radical (unpaired) electrons. The Labute approximate surface area is 142 Å². The molecule has 1 saturated carbocycles. The molecule has 2 amide bonds. The first-order valence-electron chi connectivity index (χ1n) is 8.10. The number of benzene rings is 1. The number of aryl methyl sites for hydroxylation is 1. The second-order valence-corrected chi connectivity index (χ2v) is 6.72. The van der Waals surface area contributed by atoms with E-state index in [0.717, 1.165) is 24.1 Å². The van der Waals surface area contributed by atoms with Crippen LogP contribution in [-0.4, -0.2) is 42.4 Å². The highest BCUT2D eigenvalue weighted by Gasteiger charge is 2.43. The topological polar surface area (TPSA) is 85.2 Å². The summed E-state index contributed by atoms with van der Waals surface area (Å²) in [6, 6.07) is 9.72. The smallest absolute Gasteiger partial charge is 0.238 e. The maximum absolute atomic E-state index is 12.1. The van der Waals surface area contributed by atoms with Gasteiger partial charge in [0.05, 0.1) is 19.2 Å². The van der Waals surface area contributed by atoms with E-state index in [-0.39, 0.29) is 30.8 Å². The number of carbonyl (C=O) groups is 2. The number of nitriles is 1. The van der Waals surface area contributed by atoms with Crippen LogP contribution in [0.3, 0.4) is 0 Å². The summed E-state index contributed by atoms with van der Waals surface area (Å²) in [6.07, 6.45) is 1.94. The molecule has 0 bridgehead atoms. The number of amides is 2. The third-order valence-corrected chi connectivity index (χ3v) is 4.19. The van der Waals surface area contributed by atoms with Gasteiger partial charge in [-0.3, -0.25) is 14.5 Å². The van der Waals surface area contributed by atoms with Gasteiger partial charge in [-0.1, -0.05) is 17.7 Å². The third kappa shape index (κ3) is 5.07. The fourth-order valence-electron chi connectivity index (χ4n) is 2.59. The van der Waals surface area contributed by atoms with Crippen molar-refractivity contribution in [3.63, 3.8) is 0 Å². The molecule has 2 N–H and O–H groups in total. The van der Waals surface area contributed by atoms with Crippen molar-refractivity contribution >= 4 is 17.5 Å². The number of anilines is 1. The van der Waals surface area contributed by atoms with E-state index >= 15 is 0 Å². The van der Waals surface area contributed by atoms with E-state index in [1.54, 1.807) is 18.9 Å². The van der Waals surface area contributed by atoms with Crippen molar-refractivity contribution in [2.75, 3.05) is 25.5 Å². The van der Waals surface area contributed by atoms with E-state index in [9.17, 15) is 14.9 Å². The zero-order chi connectivity index (χ0) is 17.7. The second kappa shape index (κ2) is 7.45. The van der Waals surface area contributed by atoms with Crippen LogP contribution in [0.2, 0.25) is 0 Å². The van der Waals surface area contributed by atoms with Gasteiger partial charge in [-0.05, 0) is 51.8 Å². The van der Waals surface area contributed by atoms with Gasteiger partial charge in [-0.2, -0.15) is 5.26 Å². The van der Waals surface area contributed by atoms with Gasteiger partial charge in [0.2, 0.25) is 11.8 Å². The van der Waals surface area contributed by atoms with Gasteiger partial charge in [0, 0.05) is 5.69 Å². The van der Waals surface area contributed by atoms with Crippen LogP contribution in [0, 0.1) is 24.2 Å². The minimum Gasteiger partial charge on any atom is -0.337 e. The summed E-state index contributed by atoms with van der Waals surface area (Å²) in [7, 11) is 1.70. The van der Waals surface area contributed by atoms with Gasteiger partial charge in [0.1, 0.15) is 5.54 Å². The number of likely N-dealkylation sites (N-methyl/N-ethyl adjacent to an activating group) is 1. The summed E-state index contributed by atoms with van der Waals surface area (Å²) < 4.78 is 0. The van der Waals surface area contributed by atoms with Crippen molar-refractivity contribution in [3.05, 3.63) is 29.8 Å². The highest BCUT2D eigenvalue weighted by Crippen LogP contribution is 2.39. The molecule has 2 rings (SSSR count). The van der Waals surface area contributed by atoms with E-state index in [2.05, 4.69) is 16.7 Å². The highest BCUT2D eigenvalue weighted by molar-refractivity contribution is 5.92. The molecular weight excluding hydrogens is 304 g/mol. The predicted octanol–water partition coefficient (Wildman–Crippen LogP) is 1.67. The molecule has 0 aliphatic heterocycles. The predicted molar refractivity (Wildman–Crippen MR) is 92.2 cm³/mol. The van der Waals surface area contributed by atoms with Crippen LogP contribution in [0.25, 0.3) is 0 Å². The molecule has 0 unspecified atom stereocenters. The summed E-state index contributed by atoms with van der Waals surface area (Å²) in [4.78, 5) is 25.7. The number of nitrogens with one attached hydrogen (secondary N) is 2. The number of hydrogen-bond donors (Lipinski definition) is 2. The Bertz CT molecular complexity index is 646. The molecule has 6 heteroatoms. The van der Waals surface area contributed by atoms with Crippen molar-refractivity contribution in [3.8, 4) is 6.07 Å². The maximum Gasteiger partial charge on any atom is 0.238 e. The lowest BCUT2D eigenvalue weighted by molar-refractivity contribution is -0.124. The van der Waals surface area contributed by atoms with Gasteiger partial charge < -0.3 is 10.6 Å². The van der Waals surface area contributed by atoms with Crippen LogP contribution in [0.4, 0.5) is 5.69 Å². The van der Waals surface area contributed by atoms with Gasteiger partial charge in [0.15, 0.2) is 0 Å². The Kier molecular flexibility index (Phi) is 5.58. The molecule has 0 spiro atoms. The maximum atomic E-state index is 12.1. The fraction of sp³-hybridized carbons (Fsp3) is 0.500. The lowest BCUT2D eigenvalue weighted by Gasteiger charge is -2.24. The number of hydrogen-bond acceptors (Lipinski definition) is 4. The lowest BCUT2D eigenvalue weighted by Crippen LogP contribution is -2.50. The Morgan fingerprint density at radius 2 is 1.83 bits per heavy atom. The number of nitrogens with zero attached hydrogens (tertiary/aromatic N) is 2. The van der Waals surface area contributed by atoms with Crippen LogP contribution in [-0.2, 0) is 9.59 Å². The molecular formula is C18H24N4O2. The van der Waals surface area contributed by atoms with Crippen LogP contribution < -0.4 is 10.6 Å². The average Bonchev–Trinajstić information content (AvgIpc) is 3.34. The Balaban J connectivity index is 1.78. The summed E-state index contributed by atoms with van der Waals surface area (Å²) in [5.41, 5.74) is 1.05. The van der Waals surface area contributed by atoms with Gasteiger partial charge >= 0.3 is 0 Å². The lowest BCUT2D eigenvalue weighted by atomic mass is 9.98. The van der Waals surface area contributed by atoms with Crippen LogP contribution in [0.1, 0.15) is 25.3 Å². The number of rotatable bonds is 7. The Morgan fingerprint density at radius 3 is 2.38 bits per heavy atom. The van der Waals surface area contributed by atoms with Gasteiger partial charge in [0.25, 0.3) is 0 Å². The molecule has 0 heterocycles. The van der Waals surface area contributed by atoms with E-state index in [0.29, 0.717) is 0 Å².